The topological polar surface area (TPSA) is 45.2 Å². The smallest absolute Gasteiger partial charge is 0.257 e. The van der Waals surface area contributed by atoms with Crippen LogP contribution in [0.1, 0.15) is 41.2 Å². The van der Waals surface area contributed by atoms with Gasteiger partial charge in [-0.1, -0.05) is 22.0 Å². The molecule has 1 aliphatic heterocycles. The van der Waals surface area contributed by atoms with Crippen molar-refractivity contribution in [1.82, 2.24) is 15.2 Å². The minimum absolute atomic E-state index is 0.171. The van der Waals surface area contributed by atoms with Gasteiger partial charge in [0.1, 0.15) is 0 Å². The second kappa shape index (κ2) is 7.85. The zero-order valence-electron chi connectivity index (χ0n) is 13.1. The summed E-state index contributed by atoms with van der Waals surface area (Å²) in [7, 11) is 0. The van der Waals surface area contributed by atoms with Gasteiger partial charge in [0.05, 0.1) is 6.04 Å². The zero-order chi connectivity index (χ0) is 16.9. The lowest BCUT2D eigenvalue weighted by molar-refractivity contribution is 0.0969. The number of hydrogen-bond donors (Lipinski definition) is 1. The molecule has 124 valence electrons. The van der Waals surface area contributed by atoms with Crippen LogP contribution in [0.5, 0.6) is 0 Å². The van der Waals surface area contributed by atoms with Crippen molar-refractivity contribution in [3.8, 4) is 0 Å². The molecule has 3 rings (SSSR count). The number of nitrogens with zero attached hydrogens (tertiary/aromatic N) is 2. The second-order valence-electron chi connectivity index (χ2n) is 5.76. The predicted octanol–water partition coefficient (Wildman–Crippen LogP) is 4.09. The van der Waals surface area contributed by atoms with E-state index >= 15 is 0 Å². The average molecular weight is 404 g/mol. The maximum absolute atomic E-state index is 12.4. The van der Waals surface area contributed by atoms with E-state index < -0.39 is 0 Å². The zero-order valence-corrected chi connectivity index (χ0v) is 15.5. The summed E-state index contributed by atoms with van der Waals surface area (Å²) in [6, 6.07) is 11.4. The van der Waals surface area contributed by atoms with Gasteiger partial charge < -0.3 is 4.90 Å². The number of thiocarbonyl (C=S) groups is 1. The van der Waals surface area contributed by atoms with Crippen LogP contribution in [0.15, 0.2) is 53.3 Å². The monoisotopic (exact) mass is 403 g/mol. The minimum atomic E-state index is -0.178. The molecule has 1 N–H and O–H groups in total. The van der Waals surface area contributed by atoms with Gasteiger partial charge >= 0.3 is 0 Å². The largest absolute Gasteiger partial charge is 0.342 e. The average Bonchev–Trinajstić information content (AvgIpc) is 2.63. The highest BCUT2D eigenvalue weighted by Gasteiger charge is 2.27. The molecule has 0 spiro atoms. The Morgan fingerprint density at radius 3 is 2.75 bits per heavy atom. The third-order valence-electron chi connectivity index (χ3n) is 4.16. The Balaban J connectivity index is 1.72. The minimum Gasteiger partial charge on any atom is -0.342 e. The molecule has 1 saturated heterocycles. The van der Waals surface area contributed by atoms with E-state index in [0.29, 0.717) is 10.7 Å². The number of amides is 1. The molecule has 6 heteroatoms. The van der Waals surface area contributed by atoms with E-state index in [1.807, 2.05) is 24.4 Å². The van der Waals surface area contributed by atoms with Crippen LogP contribution in [0.25, 0.3) is 0 Å². The first-order chi connectivity index (χ1) is 11.6. The summed E-state index contributed by atoms with van der Waals surface area (Å²) in [5.74, 6) is -0.178. The molecule has 0 saturated carbocycles. The molecule has 1 atom stereocenters. The van der Waals surface area contributed by atoms with Crippen molar-refractivity contribution in [3.63, 3.8) is 0 Å². The summed E-state index contributed by atoms with van der Waals surface area (Å²) < 4.78 is 0.939. The number of carbonyl (C=O) groups is 1. The number of aromatic nitrogens is 1. The molecule has 2 heterocycles. The molecule has 2 aromatic rings. The van der Waals surface area contributed by atoms with Crippen molar-refractivity contribution in [2.75, 3.05) is 6.54 Å². The van der Waals surface area contributed by atoms with Gasteiger partial charge in [0.15, 0.2) is 5.11 Å². The summed E-state index contributed by atoms with van der Waals surface area (Å²) in [5, 5.41) is 3.35. The van der Waals surface area contributed by atoms with Gasteiger partial charge in [0.2, 0.25) is 0 Å². The fraction of sp³-hybridized carbons (Fsp3) is 0.278. The Morgan fingerprint density at radius 2 is 2.04 bits per heavy atom. The Bertz CT molecular complexity index is 721. The maximum atomic E-state index is 12.4. The van der Waals surface area contributed by atoms with Gasteiger partial charge in [-0.25, -0.2) is 0 Å². The van der Waals surface area contributed by atoms with Crippen LogP contribution in [0, 0.1) is 0 Å². The molecular weight excluding hydrogens is 386 g/mol. The molecule has 0 aliphatic carbocycles. The molecule has 24 heavy (non-hydrogen) atoms. The molecule has 0 radical (unpaired) electrons. The Morgan fingerprint density at radius 1 is 1.25 bits per heavy atom. The van der Waals surface area contributed by atoms with E-state index in [0.717, 1.165) is 35.8 Å². The molecule has 1 aliphatic rings. The molecule has 0 unspecified atom stereocenters. The number of piperidine rings is 1. The van der Waals surface area contributed by atoms with Crippen molar-refractivity contribution >= 4 is 39.2 Å². The number of pyridine rings is 1. The molecule has 4 nitrogen and oxygen atoms in total. The van der Waals surface area contributed by atoms with Crippen LogP contribution in [0.4, 0.5) is 0 Å². The molecule has 1 aromatic heterocycles. The predicted molar refractivity (Wildman–Crippen MR) is 102 cm³/mol. The number of nitrogens with one attached hydrogen (secondary N) is 1. The van der Waals surface area contributed by atoms with Gasteiger partial charge in [0.25, 0.3) is 5.91 Å². The SMILES string of the molecule is O=C(NC(=S)N1CCCC[C@@H]1c1cccnc1)c1ccc(Br)cc1. The summed E-state index contributed by atoms with van der Waals surface area (Å²) in [5.41, 5.74) is 1.73. The van der Waals surface area contributed by atoms with E-state index in [-0.39, 0.29) is 11.9 Å². The van der Waals surface area contributed by atoms with E-state index in [4.69, 9.17) is 12.2 Å². The summed E-state index contributed by atoms with van der Waals surface area (Å²) >= 11 is 8.89. The third kappa shape index (κ3) is 3.99. The highest BCUT2D eigenvalue weighted by atomic mass is 79.9. The fourth-order valence-corrected chi connectivity index (χ4v) is 3.51. The normalized spacial score (nSPS) is 17.4. The molecule has 1 aromatic carbocycles. The number of likely N-dealkylation sites (tertiary alicyclic amines) is 1. The summed E-state index contributed by atoms with van der Waals surface area (Å²) in [6.07, 6.45) is 6.89. The highest BCUT2D eigenvalue weighted by Crippen LogP contribution is 2.30. The highest BCUT2D eigenvalue weighted by molar-refractivity contribution is 9.10. The van der Waals surface area contributed by atoms with E-state index in [2.05, 4.69) is 37.2 Å². The van der Waals surface area contributed by atoms with Crippen LogP contribution < -0.4 is 5.32 Å². The first kappa shape index (κ1) is 17.0. The van der Waals surface area contributed by atoms with E-state index in [1.54, 1.807) is 18.3 Å². The van der Waals surface area contributed by atoms with Gasteiger partial charge in [-0.2, -0.15) is 0 Å². The van der Waals surface area contributed by atoms with Crippen LogP contribution in [-0.2, 0) is 0 Å². The van der Waals surface area contributed by atoms with E-state index in [9.17, 15) is 4.79 Å². The molecule has 0 bridgehead atoms. The number of hydrogen-bond acceptors (Lipinski definition) is 3. The van der Waals surface area contributed by atoms with Crippen LogP contribution >= 0.6 is 28.1 Å². The van der Waals surface area contributed by atoms with Crippen LogP contribution in [-0.4, -0.2) is 27.4 Å². The Hall–Kier alpha value is -1.79. The number of carbonyl (C=O) groups excluding carboxylic acids is 1. The van der Waals surface area contributed by atoms with Gasteiger partial charge in [0, 0.05) is 29.0 Å². The maximum Gasteiger partial charge on any atom is 0.257 e. The second-order valence-corrected chi connectivity index (χ2v) is 7.06. The number of halogens is 1. The first-order valence-corrected chi connectivity index (χ1v) is 9.13. The lowest BCUT2D eigenvalue weighted by atomic mass is 9.97. The van der Waals surface area contributed by atoms with Crippen LogP contribution in [0.2, 0.25) is 0 Å². The quantitative estimate of drug-likeness (QED) is 0.766. The Labute approximate surface area is 155 Å². The number of rotatable bonds is 2. The fourth-order valence-electron chi connectivity index (χ4n) is 2.94. The Kier molecular flexibility index (Phi) is 5.58. The van der Waals surface area contributed by atoms with Gasteiger partial charge in [-0.15, -0.1) is 0 Å². The lowest BCUT2D eigenvalue weighted by Gasteiger charge is -2.37. The van der Waals surface area contributed by atoms with Crippen molar-refractivity contribution in [3.05, 3.63) is 64.4 Å². The van der Waals surface area contributed by atoms with Crippen molar-refractivity contribution in [2.45, 2.75) is 25.3 Å². The summed E-state index contributed by atoms with van der Waals surface area (Å²) in [4.78, 5) is 18.7. The standard InChI is InChI=1S/C18H18BrN3OS/c19-15-8-6-13(7-9-15)17(23)21-18(24)22-11-2-1-5-16(22)14-4-3-10-20-12-14/h3-4,6-10,12,16H,1-2,5,11H2,(H,21,23,24)/t16-/m1/s1. The molecule has 1 amide bonds. The first-order valence-electron chi connectivity index (χ1n) is 7.92. The van der Waals surface area contributed by atoms with Crippen molar-refractivity contribution in [1.29, 1.82) is 0 Å². The molecular formula is C18H18BrN3OS. The van der Waals surface area contributed by atoms with Gasteiger partial charge in [-0.3, -0.25) is 15.1 Å². The third-order valence-corrected chi connectivity index (χ3v) is 5.02. The van der Waals surface area contributed by atoms with E-state index in [1.165, 1.54) is 0 Å². The van der Waals surface area contributed by atoms with Crippen molar-refractivity contribution < 1.29 is 4.79 Å². The molecule has 1 fully saturated rings. The van der Waals surface area contributed by atoms with Crippen molar-refractivity contribution in [2.24, 2.45) is 0 Å². The van der Waals surface area contributed by atoms with Crippen LogP contribution in [0.3, 0.4) is 0 Å². The lowest BCUT2D eigenvalue weighted by Crippen LogP contribution is -2.46. The number of benzene rings is 1. The van der Waals surface area contributed by atoms with Gasteiger partial charge in [-0.05, 0) is 67.4 Å². The summed E-state index contributed by atoms with van der Waals surface area (Å²) in [6.45, 7) is 0.846.